The summed E-state index contributed by atoms with van der Waals surface area (Å²) in [6.45, 7) is 13.4. The van der Waals surface area contributed by atoms with Gasteiger partial charge in [0.25, 0.3) is 17.8 Å². The summed E-state index contributed by atoms with van der Waals surface area (Å²) >= 11 is 4.56. The Labute approximate surface area is 568 Å². The van der Waals surface area contributed by atoms with E-state index in [1.807, 2.05) is 108 Å². The van der Waals surface area contributed by atoms with Gasteiger partial charge in [0.05, 0.1) is 40.3 Å². The van der Waals surface area contributed by atoms with Crippen LogP contribution in [-0.2, 0) is 18.9 Å². The summed E-state index contributed by atoms with van der Waals surface area (Å²) in [5, 5.41) is 20.6. The molecule has 0 saturated heterocycles. The number of alkyl halides is 8. The topological polar surface area (TPSA) is 201 Å². The van der Waals surface area contributed by atoms with Gasteiger partial charge >= 0.3 is 29.9 Å². The number of anilines is 6. The molecule has 94 heavy (non-hydrogen) atoms. The lowest BCUT2D eigenvalue weighted by atomic mass is 10.1. The summed E-state index contributed by atoms with van der Waals surface area (Å²) in [7, 11) is 0. The Morgan fingerprint density at radius 1 is 0.564 bits per heavy atom. The molecule has 0 aromatic heterocycles. The van der Waals surface area contributed by atoms with Gasteiger partial charge in [-0.15, -0.1) is 12.4 Å². The Bertz CT molecular complexity index is 3370. The van der Waals surface area contributed by atoms with Gasteiger partial charge in [0, 0.05) is 32.6 Å². The highest BCUT2D eigenvalue weighted by molar-refractivity contribution is 7.78. The van der Waals surface area contributed by atoms with E-state index in [1.165, 1.54) is 24.4 Å². The largest absolute Gasteiger partial charge is 1.00 e. The summed E-state index contributed by atoms with van der Waals surface area (Å²) in [6.07, 6.45) is -0.970. The monoisotopic (exact) mass is 1390 g/mol. The van der Waals surface area contributed by atoms with E-state index in [1.54, 1.807) is 81.4 Å². The van der Waals surface area contributed by atoms with Crippen molar-refractivity contribution in [3.8, 4) is 0 Å². The van der Waals surface area contributed by atoms with Gasteiger partial charge in [-0.3, -0.25) is 0 Å². The number of carbonyl (C=O) groups excluding carboxylic acids is 4. The van der Waals surface area contributed by atoms with Crippen molar-refractivity contribution in [3.05, 3.63) is 177 Å². The first-order chi connectivity index (χ1) is 43.4. The highest BCUT2D eigenvalue weighted by atomic mass is 35.5. The molecular formula is C69H91Cl2F8N5O9S. The molecular weight excluding hydrogens is 1300 g/mol. The number of aliphatic hydroxyl groups excluding tert-OH is 1. The second-order valence-corrected chi connectivity index (χ2v) is 22.0. The van der Waals surface area contributed by atoms with E-state index in [-0.39, 0.29) is 61.8 Å². The van der Waals surface area contributed by atoms with Gasteiger partial charge in [-0.05, 0) is 162 Å². The fourth-order valence-electron chi connectivity index (χ4n) is 7.24. The maximum absolute atomic E-state index is 14.1. The summed E-state index contributed by atoms with van der Waals surface area (Å²) < 4.78 is 138. The van der Waals surface area contributed by atoms with Crippen molar-refractivity contribution in [3.63, 3.8) is 0 Å². The minimum atomic E-state index is -3.46. The number of rotatable bonds is 23. The van der Waals surface area contributed by atoms with E-state index < -0.39 is 106 Å². The molecule has 0 saturated carbocycles. The van der Waals surface area contributed by atoms with Crippen molar-refractivity contribution >= 4 is 88.1 Å². The van der Waals surface area contributed by atoms with Crippen LogP contribution in [0.2, 0.25) is 0 Å². The van der Waals surface area contributed by atoms with Crippen molar-refractivity contribution in [2.24, 2.45) is 0 Å². The van der Waals surface area contributed by atoms with Crippen LogP contribution in [0.3, 0.4) is 0 Å². The lowest BCUT2D eigenvalue weighted by Crippen LogP contribution is -3.00. The normalized spacial score (nSPS) is 11.5. The number of para-hydroxylation sites is 3. The molecule has 0 aliphatic rings. The third kappa shape index (κ3) is 32.5. The lowest BCUT2D eigenvalue weighted by molar-refractivity contribution is -0.408. The van der Waals surface area contributed by atoms with Crippen LogP contribution >= 0.6 is 24.6 Å². The van der Waals surface area contributed by atoms with Crippen molar-refractivity contribution in [1.82, 2.24) is 5.32 Å². The van der Waals surface area contributed by atoms with Crippen molar-refractivity contribution in [1.29, 1.82) is 0 Å². The molecule has 522 valence electrons. The number of alkyl carbamates (subject to hydrolysis) is 1. The van der Waals surface area contributed by atoms with E-state index >= 15 is 0 Å². The van der Waals surface area contributed by atoms with E-state index in [0.29, 0.717) is 23.5 Å². The molecule has 0 aliphatic carbocycles. The third-order valence-electron chi connectivity index (χ3n) is 12.9. The molecule has 25 heteroatoms. The maximum atomic E-state index is 14.1. The molecule has 0 fully saturated rings. The van der Waals surface area contributed by atoms with Crippen LogP contribution in [0.1, 0.15) is 142 Å². The van der Waals surface area contributed by atoms with Gasteiger partial charge in [0.1, 0.15) is 18.8 Å². The van der Waals surface area contributed by atoms with E-state index in [9.17, 15) is 54.3 Å². The average molecular weight is 1390 g/mol. The number of nitrogens with one attached hydrogen (secondary N) is 4. The van der Waals surface area contributed by atoms with Gasteiger partial charge < -0.3 is 63.5 Å². The van der Waals surface area contributed by atoms with E-state index in [2.05, 4.69) is 33.9 Å². The van der Waals surface area contributed by atoms with Gasteiger partial charge in [-0.2, -0.15) is 8.78 Å². The number of aryl methyl sites for hydroxylation is 3. The fourth-order valence-corrected chi connectivity index (χ4v) is 7.36. The van der Waals surface area contributed by atoms with Gasteiger partial charge in [0.15, 0.2) is 19.8 Å². The van der Waals surface area contributed by atoms with Crippen LogP contribution in [0, 0.1) is 41.5 Å². The first-order valence-corrected chi connectivity index (χ1v) is 29.4. The molecule has 1 amide bonds. The number of carbonyl (C=O) groups is 4. The Morgan fingerprint density at radius 3 is 1.17 bits per heavy atom. The lowest BCUT2D eigenvalue weighted by Gasteiger charge is -2.22. The molecule has 14 nitrogen and oxygen atoms in total. The van der Waals surface area contributed by atoms with Crippen LogP contribution in [-0.4, -0.2) is 103 Å². The molecule has 6 aromatic carbocycles. The highest BCUT2D eigenvalue weighted by Gasteiger charge is 2.35. The Kier molecular flexibility index (Phi) is 38.4. The SMILES string of the molecule is C.CCC(F)(F)CO.Cc1cccc(Nc2ccccc2C(=O)OCC(F)(F)CCC=S)c1C.Cc1cccc(Nc2ccccc2C(=O)OCC(F)(F)CNC(=O)OC(C)(C)C)c1C.Cc1cccc(Nc2ccccc2C(=O)OCC(F)(F)C[NH3+])c1C.Cl.[2H]C([3H])CC.[Cl-]. The quantitative estimate of drug-likeness (QED) is 0.0153. The fraction of sp³-hybridized carbons (Fsp3) is 0.406. The van der Waals surface area contributed by atoms with E-state index in [0.717, 1.165) is 50.4 Å². The third-order valence-corrected chi connectivity index (χ3v) is 13.2. The highest BCUT2D eigenvalue weighted by Crippen LogP contribution is 2.30. The predicted octanol–water partition coefficient (Wildman–Crippen LogP) is 14.6. The predicted molar refractivity (Wildman–Crippen MR) is 360 cm³/mol. The molecule has 1 unspecified atom stereocenters. The number of halogens is 10. The molecule has 0 radical (unpaired) electrons. The molecule has 0 spiro atoms. The Balaban J connectivity index is 0. The smallest absolute Gasteiger partial charge is 0.407 e. The zero-order valence-electron chi connectivity index (χ0n) is 56.0. The van der Waals surface area contributed by atoms with Gasteiger partial charge in [0.2, 0.25) is 0 Å². The zero-order chi connectivity index (χ0) is 70.3. The number of quaternary nitrogens is 1. The van der Waals surface area contributed by atoms with Crippen LogP contribution in [0.15, 0.2) is 127 Å². The molecule has 0 heterocycles. The first kappa shape index (κ1) is 84.4. The van der Waals surface area contributed by atoms with Crippen molar-refractivity contribution < 1.29 is 99.2 Å². The van der Waals surface area contributed by atoms with Crippen LogP contribution in [0.4, 0.5) is 74.0 Å². The Morgan fingerprint density at radius 2 is 0.883 bits per heavy atom. The molecule has 1 atom stereocenters. The summed E-state index contributed by atoms with van der Waals surface area (Å²) in [5.41, 5.74) is 13.2. The van der Waals surface area contributed by atoms with Crippen molar-refractivity contribution in [2.45, 2.75) is 145 Å². The van der Waals surface area contributed by atoms with Gasteiger partial charge in [-0.25, -0.2) is 45.5 Å². The molecule has 6 rings (SSSR count). The molecule has 8 N–H and O–H groups in total. The minimum absolute atomic E-state index is 0. The van der Waals surface area contributed by atoms with E-state index in [4.69, 9.17) is 26.8 Å². The first-order valence-electron chi connectivity index (χ1n) is 30.0. The van der Waals surface area contributed by atoms with Crippen molar-refractivity contribution in [2.75, 3.05) is 55.5 Å². The number of benzene rings is 6. The number of esters is 3. The second kappa shape index (κ2) is 42.7. The second-order valence-electron chi connectivity index (χ2n) is 21.6. The minimum Gasteiger partial charge on any atom is -1.00 e. The number of amides is 1. The average Bonchev–Trinajstić information content (AvgIpc) is 0.870. The Hall–Kier alpha value is -7.57. The molecule has 0 bridgehead atoms. The summed E-state index contributed by atoms with van der Waals surface area (Å²) in [5.74, 6) is -15.0. The molecule has 0 aliphatic heterocycles. The number of aliphatic hydroxyl groups is 1. The van der Waals surface area contributed by atoms with Gasteiger partial charge in [-0.1, -0.05) is 120 Å². The van der Waals surface area contributed by atoms with Crippen LogP contribution in [0.5, 0.6) is 0 Å². The number of hydrogen-bond acceptors (Lipinski definition) is 13. The number of ether oxygens (including phenoxy) is 4. The number of hydrogen-bond donors (Lipinski definition) is 6. The summed E-state index contributed by atoms with van der Waals surface area (Å²) in [4.78, 5) is 48.5. The van der Waals surface area contributed by atoms with Crippen LogP contribution in [0.25, 0.3) is 0 Å². The maximum Gasteiger partial charge on any atom is 0.407 e. The molecule has 6 aromatic rings. The summed E-state index contributed by atoms with van der Waals surface area (Å²) in [6, 6.07) is 37.1. The number of thiocarbonyl (C=S) groups is 1. The zero-order valence-corrected chi connectivity index (χ0v) is 56.4. The standard InChI is InChI=1S/C23H28F2N2O4.C20H21F2NO2S.C18H20F2N2O2.C4H8F2O.C3H8.CH4.2ClH/c1-15-9-8-12-18(16(15)2)27-19-11-7-6-10-17(19)20(28)30-14-23(24,25)13-26-21(29)31-22(3,4)5;1-14-7-5-10-17(15(14)2)23-18-9-4-3-8-16(18)19(24)25-13-20(21,22)11-6-12-26;1-12-6-5-9-15(13(12)2)22-16-8-4-3-7-14(16)17(23)24-11-18(19,20)10-21;1-2-4(5,6)3-7;1-3-2;;;/h6-12,27H,13-14H2,1-5H3,(H,26,29);3-5,7-10,12,23H,6,11,13H2,1-2H3;3-9,22H,10-11,21H2,1-2H3;7H,2-3H2,1H3;3H2,1-2H3;1H4;2*1H/i;;;;1TD;;;. The van der Waals surface area contributed by atoms with Crippen LogP contribution < -0.4 is 39.4 Å².